The molecule has 1 atom stereocenters. The number of nitrogens with zero attached hydrogens (tertiary/aromatic N) is 1. The van der Waals surface area contributed by atoms with E-state index < -0.39 is 6.04 Å². The molecule has 1 heterocycles. The van der Waals surface area contributed by atoms with Crippen LogP contribution in [0.3, 0.4) is 0 Å². The first-order valence-corrected chi connectivity index (χ1v) is 6.52. The van der Waals surface area contributed by atoms with Crippen molar-refractivity contribution in [1.29, 1.82) is 0 Å². The lowest BCUT2D eigenvalue weighted by molar-refractivity contribution is -0.125. The van der Waals surface area contributed by atoms with Gasteiger partial charge in [0.2, 0.25) is 11.8 Å². The molecule has 0 saturated carbocycles. The topological polar surface area (TPSA) is 49.4 Å². The first-order chi connectivity index (χ1) is 8.08. The molecule has 1 fully saturated rings. The minimum Gasteiger partial charge on any atom is -0.345 e. The van der Waals surface area contributed by atoms with Gasteiger partial charge in [-0.1, -0.05) is 6.07 Å². The second-order valence-electron chi connectivity index (χ2n) is 4.01. The quantitative estimate of drug-likeness (QED) is 0.786. The summed E-state index contributed by atoms with van der Waals surface area (Å²) >= 11 is 2.21. The highest BCUT2D eigenvalue weighted by molar-refractivity contribution is 14.1. The molecule has 0 aliphatic carbocycles. The lowest BCUT2D eigenvalue weighted by Gasteiger charge is -2.22. The molecule has 0 spiro atoms. The third-order valence-corrected chi connectivity index (χ3v) is 3.37. The molecule has 2 rings (SSSR count). The lowest BCUT2D eigenvalue weighted by Crippen LogP contribution is -2.42. The van der Waals surface area contributed by atoms with Gasteiger partial charge in [0.05, 0.1) is 0 Å². The van der Waals surface area contributed by atoms with Crippen LogP contribution in [0.25, 0.3) is 0 Å². The van der Waals surface area contributed by atoms with Crippen LogP contribution in [0.5, 0.6) is 0 Å². The van der Waals surface area contributed by atoms with Crippen molar-refractivity contribution in [2.75, 3.05) is 11.4 Å². The Hall–Kier alpha value is -1.11. The van der Waals surface area contributed by atoms with Crippen LogP contribution in [0.1, 0.15) is 13.3 Å². The van der Waals surface area contributed by atoms with E-state index in [9.17, 15) is 9.59 Å². The predicted molar refractivity (Wildman–Crippen MR) is 73.7 cm³/mol. The number of rotatable bonds is 1. The second kappa shape index (κ2) is 5.03. The Morgan fingerprint density at radius 3 is 2.88 bits per heavy atom. The number of benzene rings is 1. The number of nitrogens with one attached hydrogen (secondary N) is 1. The van der Waals surface area contributed by atoms with Gasteiger partial charge in [0.25, 0.3) is 0 Å². The summed E-state index contributed by atoms with van der Waals surface area (Å²) < 4.78 is 1.07. The van der Waals surface area contributed by atoms with Gasteiger partial charge in [0.1, 0.15) is 6.04 Å². The third kappa shape index (κ3) is 2.77. The maximum Gasteiger partial charge on any atom is 0.249 e. The molecule has 2 amide bonds. The molecule has 1 aliphatic heterocycles. The fourth-order valence-corrected chi connectivity index (χ4v) is 2.36. The third-order valence-electron chi connectivity index (χ3n) is 2.70. The van der Waals surface area contributed by atoms with Crippen LogP contribution < -0.4 is 10.2 Å². The zero-order chi connectivity index (χ0) is 12.4. The number of anilines is 1. The summed E-state index contributed by atoms with van der Waals surface area (Å²) in [7, 11) is 0. The van der Waals surface area contributed by atoms with E-state index in [1.54, 1.807) is 11.8 Å². The largest absolute Gasteiger partial charge is 0.345 e. The Bertz CT molecular complexity index is 462. The van der Waals surface area contributed by atoms with Crippen LogP contribution in [-0.4, -0.2) is 24.4 Å². The Morgan fingerprint density at radius 2 is 2.18 bits per heavy atom. The van der Waals surface area contributed by atoms with Crippen molar-refractivity contribution in [3.05, 3.63) is 27.8 Å². The molecule has 17 heavy (non-hydrogen) atoms. The van der Waals surface area contributed by atoms with Gasteiger partial charge >= 0.3 is 0 Å². The molecule has 0 aromatic heterocycles. The van der Waals surface area contributed by atoms with Crippen molar-refractivity contribution in [3.8, 4) is 0 Å². The summed E-state index contributed by atoms with van der Waals surface area (Å²) in [5, 5.41) is 2.67. The number of amides is 2. The highest BCUT2D eigenvalue weighted by atomic mass is 127. The van der Waals surface area contributed by atoms with Crippen LogP contribution in [0, 0.1) is 3.57 Å². The van der Waals surface area contributed by atoms with Gasteiger partial charge in [-0.25, -0.2) is 0 Å². The Balaban J connectivity index is 2.30. The number of carbonyl (C=O) groups excluding carboxylic acids is 2. The average Bonchev–Trinajstić information content (AvgIpc) is 2.40. The summed E-state index contributed by atoms with van der Waals surface area (Å²) in [6.07, 6.45) is 0.349. The first kappa shape index (κ1) is 12.3. The molecule has 0 radical (unpaired) electrons. The summed E-state index contributed by atoms with van der Waals surface area (Å²) in [6.45, 7) is 2.15. The van der Waals surface area contributed by atoms with Crippen molar-refractivity contribution in [2.24, 2.45) is 0 Å². The number of carbonyl (C=O) groups is 2. The van der Waals surface area contributed by atoms with Crippen LogP contribution in [0.4, 0.5) is 5.69 Å². The van der Waals surface area contributed by atoms with Gasteiger partial charge in [-0.3, -0.25) is 9.59 Å². The lowest BCUT2D eigenvalue weighted by atomic mass is 10.2. The SMILES string of the molecule is CC1NC(=O)CCN(c2cccc(I)c2)C1=O. The Labute approximate surface area is 114 Å². The van der Waals surface area contributed by atoms with Crippen molar-refractivity contribution in [3.63, 3.8) is 0 Å². The molecule has 1 N–H and O–H groups in total. The normalized spacial score (nSPS) is 21.1. The van der Waals surface area contributed by atoms with E-state index in [1.807, 2.05) is 24.3 Å². The van der Waals surface area contributed by atoms with Crippen LogP contribution >= 0.6 is 22.6 Å². The van der Waals surface area contributed by atoms with Crippen molar-refractivity contribution >= 4 is 40.1 Å². The Kier molecular flexibility index (Phi) is 3.66. The molecule has 4 nitrogen and oxygen atoms in total. The standard InChI is InChI=1S/C12H13IN2O2/c1-8-12(17)15(6-5-11(16)14-8)10-4-2-3-9(13)7-10/h2-4,7-8H,5-6H2,1H3,(H,14,16). The maximum atomic E-state index is 12.1. The van der Waals surface area contributed by atoms with Gasteiger partial charge in [0, 0.05) is 22.2 Å². The molecule has 90 valence electrons. The Morgan fingerprint density at radius 1 is 1.41 bits per heavy atom. The van der Waals surface area contributed by atoms with E-state index in [1.165, 1.54) is 0 Å². The zero-order valence-corrected chi connectivity index (χ0v) is 11.6. The van der Waals surface area contributed by atoms with Gasteiger partial charge < -0.3 is 10.2 Å². The highest BCUT2D eigenvalue weighted by Crippen LogP contribution is 2.20. The van der Waals surface area contributed by atoms with E-state index in [4.69, 9.17) is 0 Å². The summed E-state index contributed by atoms with van der Waals surface area (Å²) in [6, 6.07) is 7.26. The van der Waals surface area contributed by atoms with Gasteiger partial charge in [-0.15, -0.1) is 0 Å². The summed E-state index contributed by atoms with van der Waals surface area (Å²) in [5.74, 6) is -0.128. The molecule has 1 aliphatic rings. The van der Waals surface area contributed by atoms with Gasteiger partial charge in [0.15, 0.2) is 0 Å². The summed E-state index contributed by atoms with van der Waals surface area (Å²) in [4.78, 5) is 25.2. The number of hydrogen-bond acceptors (Lipinski definition) is 2. The molecule has 1 unspecified atom stereocenters. The molecule has 1 saturated heterocycles. The van der Waals surface area contributed by atoms with E-state index in [0.29, 0.717) is 13.0 Å². The molecular formula is C12H13IN2O2. The van der Waals surface area contributed by atoms with E-state index in [-0.39, 0.29) is 11.8 Å². The molecule has 1 aromatic carbocycles. The minimum absolute atomic E-state index is 0.0575. The fraction of sp³-hybridized carbons (Fsp3) is 0.333. The highest BCUT2D eigenvalue weighted by Gasteiger charge is 2.27. The van der Waals surface area contributed by atoms with Crippen molar-refractivity contribution in [2.45, 2.75) is 19.4 Å². The predicted octanol–water partition coefficient (Wildman–Crippen LogP) is 1.53. The van der Waals surface area contributed by atoms with E-state index in [0.717, 1.165) is 9.26 Å². The zero-order valence-electron chi connectivity index (χ0n) is 9.44. The molecule has 5 heteroatoms. The fourth-order valence-electron chi connectivity index (χ4n) is 1.83. The number of hydrogen-bond donors (Lipinski definition) is 1. The van der Waals surface area contributed by atoms with Crippen LogP contribution in [0.2, 0.25) is 0 Å². The van der Waals surface area contributed by atoms with Crippen LogP contribution in [-0.2, 0) is 9.59 Å². The van der Waals surface area contributed by atoms with Crippen LogP contribution in [0.15, 0.2) is 24.3 Å². The minimum atomic E-state index is -0.456. The second-order valence-corrected chi connectivity index (χ2v) is 5.25. The smallest absolute Gasteiger partial charge is 0.249 e. The average molecular weight is 344 g/mol. The van der Waals surface area contributed by atoms with E-state index in [2.05, 4.69) is 27.9 Å². The summed E-state index contributed by atoms with van der Waals surface area (Å²) in [5.41, 5.74) is 0.852. The molecular weight excluding hydrogens is 331 g/mol. The van der Waals surface area contributed by atoms with Gasteiger partial charge in [-0.05, 0) is 47.7 Å². The van der Waals surface area contributed by atoms with Crippen molar-refractivity contribution < 1.29 is 9.59 Å². The first-order valence-electron chi connectivity index (χ1n) is 5.44. The number of halogens is 1. The maximum absolute atomic E-state index is 12.1. The van der Waals surface area contributed by atoms with Crippen molar-refractivity contribution in [1.82, 2.24) is 5.32 Å². The van der Waals surface area contributed by atoms with Gasteiger partial charge in [-0.2, -0.15) is 0 Å². The monoisotopic (exact) mass is 344 g/mol. The molecule has 1 aromatic rings. The molecule has 0 bridgehead atoms. The van der Waals surface area contributed by atoms with E-state index >= 15 is 0 Å².